The van der Waals surface area contributed by atoms with Gasteiger partial charge in [0.25, 0.3) is 11.5 Å². The van der Waals surface area contributed by atoms with Crippen molar-refractivity contribution in [2.75, 3.05) is 6.54 Å². The number of aliphatic hydroxyl groups is 1. The molecule has 0 aliphatic heterocycles. The van der Waals surface area contributed by atoms with Gasteiger partial charge < -0.3 is 15.4 Å². The van der Waals surface area contributed by atoms with Crippen LogP contribution in [0.25, 0.3) is 0 Å². The second-order valence-corrected chi connectivity index (χ2v) is 4.26. The molecule has 1 aromatic rings. The zero-order valence-corrected chi connectivity index (χ0v) is 9.35. The van der Waals surface area contributed by atoms with Crippen molar-refractivity contribution in [2.24, 2.45) is 5.92 Å². The molecule has 2 atom stereocenters. The first-order valence-electron chi connectivity index (χ1n) is 5.68. The lowest BCUT2D eigenvalue weighted by Crippen LogP contribution is -2.33. The van der Waals surface area contributed by atoms with Crippen molar-refractivity contribution < 1.29 is 9.90 Å². The summed E-state index contributed by atoms with van der Waals surface area (Å²) in [4.78, 5) is 28.8. The van der Waals surface area contributed by atoms with Crippen LogP contribution in [0.3, 0.4) is 0 Å². The van der Waals surface area contributed by atoms with Gasteiger partial charge in [0.05, 0.1) is 12.4 Å². The van der Waals surface area contributed by atoms with Gasteiger partial charge in [0.1, 0.15) is 5.69 Å². The number of carbonyl (C=O) groups is 1. The first-order chi connectivity index (χ1) is 8.16. The van der Waals surface area contributed by atoms with Gasteiger partial charge in [-0.15, -0.1) is 0 Å². The fourth-order valence-electron chi connectivity index (χ4n) is 2.06. The fourth-order valence-corrected chi connectivity index (χ4v) is 2.06. The van der Waals surface area contributed by atoms with Crippen LogP contribution in [-0.2, 0) is 0 Å². The third-order valence-electron chi connectivity index (χ3n) is 3.05. The van der Waals surface area contributed by atoms with Crippen LogP contribution in [0.15, 0.2) is 17.2 Å². The summed E-state index contributed by atoms with van der Waals surface area (Å²) in [5.41, 5.74) is -0.257. The highest BCUT2D eigenvalue weighted by molar-refractivity contribution is 5.91. The molecule has 1 heterocycles. The molecule has 6 heteroatoms. The summed E-state index contributed by atoms with van der Waals surface area (Å²) in [5.74, 6) is -0.267. The molecule has 1 aromatic heterocycles. The van der Waals surface area contributed by atoms with Gasteiger partial charge in [-0.2, -0.15) is 0 Å². The average molecular weight is 237 g/mol. The number of nitrogens with one attached hydrogen (secondary N) is 2. The van der Waals surface area contributed by atoms with Gasteiger partial charge in [-0.3, -0.25) is 9.59 Å². The van der Waals surface area contributed by atoms with E-state index in [1.807, 2.05) is 0 Å². The van der Waals surface area contributed by atoms with Gasteiger partial charge in [-0.1, -0.05) is 6.42 Å². The highest BCUT2D eigenvalue weighted by Crippen LogP contribution is 2.24. The minimum atomic E-state index is -0.379. The molecular weight excluding hydrogens is 222 g/mol. The molecular formula is C11H15N3O3. The Hall–Kier alpha value is -1.69. The van der Waals surface area contributed by atoms with E-state index in [9.17, 15) is 14.7 Å². The first-order valence-corrected chi connectivity index (χ1v) is 5.68. The molecule has 0 saturated heterocycles. The highest BCUT2D eigenvalue weighted by Gasteiger charge is 2.25. The standard InChI is InChI=1S/C11H15N3O3/c15-9-3-1-2-7(9)5-12-11(17)8-4-10(16)14-6-13-8/h4,6-7,9,15H,1-3,5H2,(H,12,17)(H,13,14,16)/t7-,9-/m0/s1. The minimum Gasteiger partial charge on any atom is -0.393 e. The second kappa shape index (κ2) is 5.09. The summed E-state index contributed by atoms with van der Waals surface area (Å²) in [7, 11) is 0. The maximum atomic E-state index is 11.7. The molecule has 1 aliphatic carbocycles. The van der Waals surface area contributed by atoms with E-state index in [4.69, 9.17) is 0 Å². The summed E-state index contributed by atoms with van der Waals surface area (Å²) in [6.07, 6.45) is 3.57. The normalized spacial score (nSPS) is 23.6. The Labute approximate surface area is 98.1 Å². The van der Waals surface area contributed by atoms with Crippen LogP contribution in [-0.4, -0.2) is 33.6 Å². The number of rotatable bonds is 3. The van der Waals surface area contributed by atoms with Crippen LogP contribution >= 0.6 is 0 Å². The molecule has 1 amide bonds. The van der Waals surface area contributed by atoms with Crippen LogP contribution < -0.4 is 10.9 Å². The van der Waals surface area contributed by atoms with Crippen LogP contribution in [0.2, 0.25) is 0 Å². The number of aromatic nitrogens is 2. The zero-order valence-electron chi connectivity index (χ0n) is 9.35. The van der Waals surface area contributed by atoms with Crippen molar-refractivity contribution in [3.63, 3.8) is 0 Å². The fraction of sp³-hybridized carbons (Fsp3) is 0.545. The van der Waals surface area contributed by atoms with Crippen molar-refractivity contribution >= 4 is 5.91 Å². The topological polar surface area (TPSA) is 95.1 Å². The predicted molar refractivity (Wildman–Crippen MR) is 60.5 cm³/mol. The maximum Gasteiger partial charge on any atom is 0.270 e. The van der Waals surface area contributed by atoms with Gasteiger partial charge in [-0.05, 0) is 12.8 Å². The molecule has 2 rings (SSSR count). The number of amides is 1. The second-order valence-electron chi connectivity index (χ2n) is 4.26. The largest absolute Gasteiger partial charge is 0.393 e. The molecule has 3 N–H and O–H groups in total. The van der Waals surface area contributed by atoms with Gasteiger partial charge in [0, 0.05) is 18.5 Å². The molecule has 17 heavy (non-hydrogen) atoms. The summed E-state index contributed by atoms with van der Waals surface area (Å²) < 4.78 is 0. The Kier molecular flexibility index (Phi) is 3.53. The van der Waals surface area contributed by atoms with E-state index in [2.05, 4.69) is 15.3 Å². The lowest BCUT2D eigenvalue weighted by molar-refractivity contribution is 0.0911. The number of H-pyrrole nitrogens is 1. The quantitative estimate of drug-likeness (QED) is 0.670. The van der Waals surface area contributed by atoms with Crippen molar-refractivity contribution in [3.8, 4) is 0 Å². The molecule has 0 bridgehead atoms. The number of hydrogen-bond donors (Lipinski definition) is 3. The van der Waals surface area contributed by atoms with Crippen molar-refractivity contribution in [2.45, 2.75) is 25.4 Å². The van der Waals surface area contributed by atoms with Gasteiger partial charge in [0.15, 0.2) is 0 Å². The van der Waals surface area contributed by atoms with Crippen LogP contribution in [0.5, 0.6) is 0 Å². The van der Waals surface area contributed by atoms with Gasteiger partial charge in [0.2, 0.25) is 0 Å². The maximum absolute atomic E-state index is 11.7. The number of aromatic amines is 1. The van der Waals surface area contributed by atoms with Crippen molar-refractivity contribution in [3.05, 3.63) is 28.4 Å². The van der Waals surface area contributed by atoms with Gasteiger partial charge in [-0.25, -0.2) is 4.98 Å². The molecule has 0 aromatic carbocycles. The third kappa shape index (κ3) is 2.91. The molecule has 0 radical (unpaired) electrons. The van der Waals surface area contributed by atoms with E-state index in [1.165, 1.54) is 6.33 Å². The lowest BCUT2D eigenvalue weighted by atomic mass is 10.1. The lowest BCUT2D eigenvalue weighted by Gasteiger charge is -2.14. The molecule has 0 spiro atoms. The summed E-state index contributed by atoms with van der Waals surface area (Å²) in [6, 6.07) is 1.15. The van der Waals surface area contributed by atoms with Crippen LogP contribution in [0.4, 0.5) is 0 Å². The van der Waals surface area contributed by atoms with Crippen LogP contribution in [0, 0.1) is 5.92 Å². The van der Waals surface area contributed by atoms with E-state index in [1.54, 1.807) is 0 Å². The Balaban J connectivity index is 1.91. The monoisotopic (exact) mass is 237 g/mol. The molecule has 0 unspecified atom stereocenters. The van der Waals surface area contributed by atoms with Crippen molar-refractivity contribution in [1.29, 1.82) is 0 Å². The number of hydrogen-bond acceptors (Lipinski definition) is 4. The first kappa shape index (κ1) is 11.8. The molecule has 1 aliphatic rings. The predicted octanol–water partition coefficient (Wildman–Crippen LogP) is -0.339. The van der Waals surface area contributed by atoms with E-state index >= 15 is 0 Å². The minimum absolute atomic E-state index is 0.0984. The number of carbonyl (C=O) groups excluding carboxylic acids is 1. The van der Waals surface area contributed by atoms with Crippen LogP contribution in [0.1, 0.15) is 29.8 Å². The Morgan fingerprint density at radius 3 is 3.06 bits per heavy atom. The van der Waals surface area contributed by atoms with E-state index in [-0.39, 0.29) is 29.2 Å². The molecule has 1 saturated carbocycles. The smallest absolute Gasteiger partial charge is 0.270 e. The van der Waals surface area contributed by atoms with E-state index in [0.29, 0.717) is 6.54 Å². The van der Waals surface area contributed by atoms with Gasteiger partial charge >= 0.3 is 0 Å². The Morgan fingerprint density at radius 1 is 1.59 bits per heavy atom. The zero-order chi connectivity index (χ0) is 12.3. The van der Waals surface area contributed by atoms with E-state index in [0.717, 1.165) is 25.3 Å². The summed E-state index contributed by atoms with van der Waals surface area (Å²) >= 11 is 0. The van der Waals surface area contributed by atoms with Crippen molar-refractivity contribution in [1.82, 2.24) is 15.3 Å². The summed E-state index contributed by atoms with van der Waals surface area (Å²) in [5, 5.41) is 12.3. The number of aliphatic hydroxyl groups excluding tert-OH is 1. The molecule has 6 nitrogen and oxygen atoms in total. The Morgan fingerprint density at radius 2 is 2.41 bits per heavy atom. The van der Waals surface area contributed by atoms with E-state index < -0.39 is 0 Å². The SMILES string of the molecule is O=C(NC[C@@H]1CCC[C@@H]1O)c1cc(=O)[nH]cn1. The highest BCUT2D eigenvalue weighted by atomic mass is 16.3. The Bertz CT molecular complexity index is 457. The molecule has 92 valence electrons. The third-order valence-corrected chi connectivity index (χ3v) is 3.05. The summed E-state index contributed by atoms with van der Waals surface area (Å²) in [6.45, 7) is 0.425. The molecule has 1 fully saturated rings. The number of nitrogens with zero attached hydrogens (tertiary/aromatic N) is 1. The average Bonchev–Trinajstić information content (AvgIpc) is 2.72.